The fourth-order valence-corrected chi connectivity index (χ4v) is 3.35. The standard InChI is InChI=1S/C14H18N4S/c1-4-13-15-16-14-18(13)17-12(8-19-14)11-7-9(2)5-6-10(11)3/h5-7,12,17H,4,8H2,1-3H3. The summed E-state index contributed by atoms with van der Waals surface area (Å²) >= 11 is 1.77. The molecule has 1 atom stereocenters. The van der Waals surface area contributed by atoms with Crippen LogP contribution in [-0.2, 0) is 6.42 Å². The van der Waals surface area contributed by atoms with E-state index in [0.29, 0.717) is 6.04 Å². The van der Waals surface area contributed by atoms with Crippen LogP contribution in [0, 0.1) is 13.8 Å². The third-order valence-corrected chi connectivity index (χ3v) is 4.51. The van der Waals surface area contributed by atoms with Crippen LogP contribution in [0.5, 0.6) is 0 Å². The van der Waals surface area contributed by atoms with Crippen LogP contribution in [0.2, 0.25) is 0 Å². The lowest BCUT2D eigenvalue weighted by Gasteiger charge is -2.27. The Morgan fingerprint density at radius 3 is 3.00 bits per heavy atom. The van der Waals surface area contributed by atoms with E-state index >= 15 is 0 Å². The first kappa shape index (κ1) is 12.5. The molecule has 5 heteroatoms. The molecule has 2 aromatic rings. The van der Waals surface area contributed by atoms with Crippen LogP contribution in [0.4, 0.5) is 0 Å². The zero-order valence-corrected chi connectivity index (χ0v) is 12.3. The summed E-state index contributed by atoms with van der Waals surface area (Å²) < 4.78 is 2.04. The van der Waals surface area contributed by atoms with E-state index in [1.807, 2.05) is 4.68 Å². The summed E-state index contributed by atoms with van der Waals surface area (Å²) in [7, 11) is 0. The summed E-state index contributed by atoms with van der Waals surface area (Å²) in [5.74, 6) is 1.99. The van der Waals surface area contributed by atoms with Gasteiger partial charge in [-0.1, -0.05) is 42.4 Å². The Labute approximate surface area is 117 Å². The van der Waals surface area contributed by atoms with Crippen molar-refractivity contribution in [3.63, 3.8) is 0 Å². The van der Waals surface area contributed by atoms with Gasteiger partial charge < -0.3 is 5.43 Å². The lowest BCUT2D eigenvalue weighted by atomic mass is 10.0. The molecule has 4 nitrogen and oxygen atoms in total. The highest BCUT2D eigenvalue weighted by Crippen LogP contribution is 2.31. The van der Waals surface area contributed by atoms with E-state index in [0.717, 1.165) is 23.2 Å². The maximum Gasteiger partial charge on any atom is 0.210 e. The number of nitrogens with zero attached hydrogens (tertiary/aromatic N) is 3. The molecule has 0 radical (unpaired) electrons. The SMILES string of the molecule is CCc1nnc2n1NC(c1cc(C)ccc1C)CS2. The Balaban J connectivity index is 1.94. The molecule has 3 rings (SSSR count). The molecular weight excluding hydrogens is 256 g/mol. The van der Waals surface area contributed by atoms with Crippen LogP contribution in [0.1, 0.15) is 35.5 Å². The van der Waals surface area contributed by atoms with Crippen LogP contribution in [0.25, 0.3) is 0 Å². The highest BCUT2D eigenvalue weighted by atomic mass is 32.2. The van der Waals surface area contributed by atoms with Gasteiger partial charge in [0.2, 0.25) is 5.16 Å². The van der Waals surface area contributed by atoms with E-state index in [2.05, 4.69) is 54.6 Å². The Hall–Kier alpha value is -1.49. The van der Waals surface area contributed by atoms with Gasteiger partial charge in [0.15, 0.2) is 5.82 Å². The van der Waals surface area contributed by atoms with Crippen molar-refractivity contribution in [2.24, 2.45) is 0 Å². The molecule has 100 valence electrons. The Bertz CT molecular complexity index is 592. The van der Waals surface area contributed by atoms with E-state index in [1.165, 1.54) is 16.7 Å². The van der Waals surface area contributed by atoms with E-state index in [4.69, 9.17) is 0 Å². The Morgan fingerprint density at radius 1 is 1.37 bits per heavy atom. The number of fused-ring (bicyclic) bond motifs is 1. The van der Waals surface area contributed by atoms with Crippen molar-refractivity contribution in [1.82, 2.24) is 14.9 Å². The number of aromatic nitrogens is 3. The summed E-state index contributed by atoms with van der Waals surface area (Å²) in [5, 5.41) is 9.39. The predicted octanol–water partition coefficient (Wildman–Crippen LogP) is 2.85. The van der Waals surface area contributed by atoms with Gasteiger partial charge in [-0.15, -0.1) is 10.2 Å². The summed E-state index contributed by atoms with van der Waals surface area (Å²) in [6, 6.07) is 6.95. The molecule has 0 saturated carbocycles. The van der Waals surface area contributed by atoms with Crippen molar-refractivity contribution < 1.29 is 0 Å². The van der Waals surface area contributed by atoms with Crippen molar-refractivity contribution in [2.45, 2.75) is 38.4 Å². The third kappa shape index (κ3) is 2.23. The summed E-state index contributed by atoms with van der Waals surface area (Å²) in [5.41, 5.74) is 7.56. The van der Waals surface area contributed by atoms with Crippen LogP contribution in [-0.4, -0.2) is 20.6 Å². The van der Waals surface area contributed by atoms with Crippen LogP contribution >= 0.6 is 11.8 Å². The molecule has 0 saturated heterocycles. The van der Waals surface area contributed by atoms with Crippen LogP contribution in [0.3, 0.4) is 0 Å². The zero-order chi connectivity index (χ0) is 13.4. The highest BCUT2D eigenvalue weighted by molar-refractivity contribution is 7.99. The van der Waals surface area contributed by atoms with E-state index in [-0.39, 0.29) is 0 Å². The zero-order valence-electron chi connectivity index (χ0n) is 11.5. The van der Waals surface area contributed by atoms with Crippen LogP contribution in [0.15, 0.2) is 23.4 Å². The Kier molecular flexibility index (Phi) is 3.22. The normalized spacial score (nSPS) is 17.9. The first-order chi connectivity index (χ1) is 9.19. The lowest BCUT2D eigenvalue weighted by Crippen LogP contribution is -2.29. The monoisotopic (exact) mass is 274 g/mol. The molecule has 2 heterocycles. The molecule has 0 amide bonds. The first-order valence-electron chi connectivity index (χ1n) is 6.60. The number of benzene rings is 1. The van der Waals surface area contributed by atoms with Crippen LogP contribution < -0.4 is 5.43 Å². The van der Waals surface area contributed by atoms with Gasteiger partial charge in [-0.25, -0.2) is 4.68 Å². The fraction of sp³-hybridized carbons (Fsp3) is 0.429. The minimum absolute atomic E-state index is 0.318. The quantitative estimate of drug-likeness (QED) is 0.914. The van der Waals surface area contributed by atoms with E-state index in [9.17, 15) is 0 Å². The summed E-state index contributed by atoms with van der Waals surface area (Å²) in [6.45, 7) is 6.41. The molecule has 0 fully saturated rings. The maximum atomic E-state index is 4.21. The van der Waals surface area contributed by atoms with Crippen molar-refractivity contribution in [2.75, 3.05) is 11.2 Å². The third-order valence-electron chi connectivity index (χ3n) is 3.49. The Morgan fingerprint density at radius 2 is 2.21 bits per heavy atom. The molecule has 1 unspecified atom stereocenters. The molecule has 1 N–H and O–H groups in total. The average molecular weight is 274 g/mol. The molecule has 1 aliphatic rings. The van der Waals surface area contributed by atoms with Gasteiger partial charge >= 0.3 is 0 Å². The lowest BCUT2D eigenvalue weighted by molar-refractivity contribution is 0.633. The topological polar surface area (TPSA) is 42.7 Å². The molecule has 0 bridgehead atoms. The van der Waals surface area contributed by atoms with E-state index in [1.54, 1.807) is 11.8 Å². The number of aryl methyl sites for hydroxylation is 3. The number of thioether (sulfide) groups is 1. The molecule has 0 spiro atoms. The van der Waals surface area contributed by atoms with Gasteiger partial charge in [-0.3, -0.25) is 0 Å². The minimum atomic E-state index is 0.318. The molecular formula is C14H18N4S. The first-order valence-corrected chi connectivity index (χ1v) is 7.58. The van der Waals surface area contributed by atoms with Gasteiger partial charge in [-0.05, 0) is 25.0 Å². The smallest absolute Gasteiger partial charge is 0.210 e. The fourth-order valence-electron chi connectivity index (χ4n) is 2.40. The predicted molar refractivity (Wildman–Crippen MR) is 78.1 cm³/mol. The number of hydrogen-bond acceptors (Lipinski definition) is 4. The largest absolute Gasteiger partial charge is 0.314 e. The highest BCUT2D eigenvalue weighted by Gasteiger charge is 2.24. The molecule has 1 aliphatic heterocycles. The van der Waals surface area contributed by atoms with Crippen molar-refractivity contribution in [1.29, 1.82) is 0 Å². The maximum absolute atomic E-state index is 4.21. The van der Waals surface area contributed by atoms with Gasteiger partial charge in [0.1, 0.15) is 0 Å². The van der Waals surface area contributed by atoms with E-state index < -0.39 is 0 Å². The second kappa shape index (κ2) is 4.89. The van der Waals surface area contributed by atoms with Crippen molar-refractivity contribution in [3.8, 4) is 0 Å². The van der Waals surface area contributed by atoms with Gasteiger partial charge in [0.25, 0.3) is 0 Å². The second-order valence-electron chi connectivity index (χ2n) is 4.94. The molecule has 0 aliphatic carbocycles. The molecule has 19 heavy (non-hydrogen) atoms. The van der Waals surface area contributed by atoms with Crippen molar-refractivity contribution >= 4 is 11.8 Å². The summed E-state index contributed by atoms with van der Waals surface area (Å²) in [6.07, 6.45) is 0.889. The summed E-state index contributed by atoms with van der Waals surface area (Å²) in [4.78, 5) is 0. The number of hydrogen-bond donors (Lipinski definition) is 1. The van der Waals surface area contributed by atoms with Gasteiger partial charge in [0, 0.05) is 12.2 Å². The van der Waals surface area contributed by atoms with Gasteiger partial charge in [-0.2, -0.15) is 0 Å². The van der Waals surface area contributed by atoms with Crippen molar-refractivity contribution in [3.05, 3.63) is 40.7 Å². The number of nitrogens with one attached hydrogen (secondary N) is 1. The molecule has 1 aromatic carbocycles. The second-order valence-corrected chi connectivity index (χ2v) is 5.93. The van der Waals surface area contributed by atoms with Gasteiger partial charge in [0.05, 0.1) is 6.04 Å². The number of rotatable bonds is 2. The molecule has 1 aromatic heterocycles. The average Bonchev–Trinajstić information content (AvgIpc) is 2.83. The minimum Gasteiger partial charge on any atom is -0.314 e.